The summed E-state index contributed by atoms with van der Waals surface area (Å²) in [5, 5.41) is 3.65. The van der Waals surface area contributed by atoms with Gasteiger partial charge in [-0.2, -0.15) is 0 Å². The Labute approximate surface area is 247 Å². The number of nitrogens with one attached hydrogen (secondary N) is 1. The maximum Gasteiger partial charge on any atom is 0.264 e. The minimum Gasteiger partial charge on any atom is -0.354 e. The molecule has 0 heterocycles. The van der Waals surface area contributed by atoms with E-state index in [1.807, 2.05) is 26.0 Å². The Balaban J connectivity index is 2.05. The molecule has 1 N–H and O–H groups in total. The lowest BCUT2D eigenvalue weighted by Gasteiger charge is -2.32. The Bertz CT molecular complexity index is 1420. The van der Waals surface area contributed by atoms with Crippen LogP contribution in [0.25, 0.3) is 0 Å². The molecule has 3 aromatic rings. The van der Waals surface area contributed by atoms with Crippen LogP contribution in [0.4, 0.5) is 5.69 Å². The van der Waals surface area contributed by atoms with E-state index in [9.17, 15) is 18.0 Å². The van der Waals surface area contributed by atoms with Crippen LogP contribution in [0, 0.1) is 0 Å². The van der Waals surface area contributed by atoms with E-state index in [2.05, 4.69) is 5.32 Å². The van der Waals surface area contributed by atoms with Gasteiger partial charge in [0.05, 0.1) is 10.6 Å². The van der Waals surface area contributed by atoms with E-state index < -0.39 is 28.5 Å². The van der Waals surface area contributed by atoms with Crippen LogP contribution in [0.15, 0.2) is 77.7 Å². The van der Waals surface area contributed by atoms with Crippen molar-refractivity contribution in [3.8, 4) is 0 Å². The van der Waals surface area contributed by atoms with Crippen molar-refractivity contribution in [2.24, 2.45) is 0 Å². The molecule has 3 rings (SSSR count). The molecule has 214 valence electrons. The molecular weight excluding hydrogens is 569 g/mol. The SMILES string of the molecule is CCCCNC(=O)C(C)N(Cc1ccc(Cl)cc1Cl)C(=O)CN(c1ccccc1CC)S(=O)(=O)c1ccccc1. The molecule has 0 spiro atoms. The van der Waals surface area contributed by atoms with Crippen molar-refractivity contribution in [2.75, 3.05) is 17.4 Å². The van der Waals surface area contributed by atoms with E-state index >= 15 is 0 Å². The number of anilines is 1. The van der Waals surface area contributed by atoms with Gasteiger partial charge in [0.25, 0.3) is 10.0 Å². The van der Waals surface area contributed by atoms with Gasteiger partial charge in [0.2, 0.25) is 11.8 Å². The molecule has 0 aliphatic heterocycles. The number of halogens is 2. The minimum atomic E-state index is -4.12. The third-order valence-electron chi connectivity index (χ3n) is 6.60. The van der Waals surface area contributed by atoms with E-state index in [0.29, 0.717) is 34.3 Å². The average molecular weight is 605 g/mol. The fourth-order valence-corrected chi connectivity index (χ4v) is 6.18. The monoisotopic (exact) mass is 603 g/mol. The van der Waals surface area contributed by atoms with Crippen LogP contribution in [0.5, 0.6) is 0 Å². The van der Waals surface area contributed by atoms with Crippen molar-refractivity contribution in [3.63, 3.8) is 0 Å². The summed E-state index contributed by atoms with van der Waals surface area (Å²) in [7, 11) is -4.12. The Morgan fingerprint density at radius 3 is 2.25 bits per heavy atom. The molecule has 40 heavy (non-hydrogen) atoms. The average Bonchev–Trinajstić information content (AvgIpc) is 2.95. The van der Waals surface area contributed by atoms with Gasteiger partial charge in [0.15, 0.2) is 0 Å². The number of amides is 2. The number of rotatable bonds is 13. The third-order valence-corrected chi connectivity index (χ3v) is 8.96. The molecule has 10 heteroatoms. The molecule has 0 saturated carbocycles. The van der Waals surface area contributed by atoms with Crippen LogP contribution in [0.1, 0.15) is 44.7 Å². The predicted molar refractivity (Wildman–Crippen MR) is 161 cm³/mol. The predicted octanol–water partition coefficient (Wildman–Crippen LogP) is 6.08. The maximum atomic E-state index is 14.0. The second-order valence-corrected chi connectivity index (χ2v) is 12.1. The number of unbranched alkanes of at least 4 members (excludes halogenated alkanes) is 1. The topological polar surface area (TPSA) is 86.8 Å². The highest BCUT2D eigenvalue weighted by molar-refractivity contribution is 7.92. The number of aryl methyl sites for hydroxylation is 1. The fourth-order valence-electron chi connectivity index (χ4n) is 4.24. The first-order valence-corrected chi connectivity index (χ1v) is 15.5. The van der Waals surface area contributed by atoms with Gasteiger partial charge in [-0.15, -0.1) is 0 Å². The van der Waals surface area contributed by atoms with Crippen LogP contribution < -0.4 is 9.62 Å². The normalized spacial score (nSPS) is 12.0. The molecule has 2 amide bonds. The summed E-state index contributed by atoms with van der Waals surface area (Å²) in [5.74, 6) is -0.882. The number of carbonyl (C=O) groups is 2. The quantitative estimate of drug-likeness (QED) is 0.240. The number of hydrogen-bond acceptors (Lipinski definition) is 4. The summed E-state index contributed by atoms with van der Waals surface area (Å²) in [5.41, 5.74) is 1.76. The van der Waals surface area contributed by atoms with E-state index in [1.54, 1.807) is 55.5 Å². The lowest BCUT2D eigenvalue weighted by Crippen LogP contribution is -2.51. The number of sulfonamides is 1. The molecule has 0 fully saturated rings. The van der Waals surface area contributed by atoms with Crippen LogP contribution in [0.2, 0.25) is 10.0 Å². The van der Waals surface area contributed by atoms with Crippen molar-refractivity contribution in [3.05, 3.63) is 94.0 Å². The largest absolute Gasteiger partial charge is 0.354 e. The van der Waals surface area contributed by atoms with Gasteiger partial charge in [-0.3, -0.25) is 13.9 Å². The summed E-state index contributed by atoms with van der Waals surface area (Å²) in [4.78, 5) is 28.5. The van der Waals surface area contributed by atoms with Crippen LogP contribution >= 0.6 is 23.2 Å². The number of para-hydroxylation sites is 1. The van der Waals surface area contributed by atoms with Crippen LogP contribution in [-0.2, 0) is 32.6 Å². The van der Waals surface area contributed by atoms with E-state index in [1.165, 1.54) is 17.0 Å². The van der Waals surface area contributed by atoms with Crippen LogP contribution in [0.3, 0.4) is 0 Å². The highest BCUT2D eigenvalue weighted by Gasteiger charge is 2.33. The van der Waals surface area contributed by atoms with Crippen LogP contribution in [-0.4, -0.2) is 44.3 Å². The molecule has 0 aliphatic carbocycles. The standard InChI is InChI=1S/C30H35Cl2N3O4S/c1-4-6-18-33-30(37)22(3)34(20-24-16-17-25(31)19-27(24)32)29(36)21-35(28-15-11-10-12-23(28)5-2)40(38,39)26-13-8-7-9-14-26/h7-17,19,22H,4-6,18,20-21H2,1-3H3,(H,33,37). The fraction of sp³-hybridized carbons (Fsp3) is 0.333. The second kappa shape index (κ2) is 14.5. The molecule has 0 radical (unpaired) electrons. The van der Waals surface area contributed by atoms with E-state index in [0.717, 1.165) is 22.7 Å². The number of carbonyl (C=O) groups excluding carboxylic acids is 2. The van der Waals surface area contributed by atoms with Gasteiger partial charge in [-0.25, -0.2) is 8.42 Å². The highest BCUT2D eigenvalue weighted by Crippen LogP contribution is 2.29. The molecule has 0 saturated heterocycles. The van der Waals surface area contributed by atoms with Gasteiger partial charge in [0, 0.05) is 23.1 Å². The summed E-state index contributed by atoms with van der Waals surface area (Å²) in [6, 6.07) is 19.1. The minimum absolute atomic E-state index is 0.00809. The Morgan fingerprint density at radius 1 is 0.925 bits per heavy atom. The summed E-state index contributed by atoms with van der Waals surface area (Å²) < 4.78 is 29.0. The van der Waals surface area contributed by atoms with Crippen molar-refractivity contribution in [2.45, 2.75) is 57.5 Å². The lowest BCUT2D eigenvalue weighted by atomic mass is 10.1. The number of hydrogen-bond donors (Lipinski definition) is 1. The summed E-state index contributed by atoms with van der Waals surface area (Å²) in [6.07, 6.45) is 2.26. The molecule has 0 aliphatic rings. The van der Waals surface area contributed by atoms with Gasteiger partial charge in [-0.05, 0) is 61.2 Å². The molecule has 7 nitrogen and oxygen atoms in total. The first-order chi connectivity index (χ1) is 19.1. The smallest absolute Gasteiger partial charge is 0.264 e. The highest BCUT2D eigenvalue weighted by atomic mass is 35.5. The van der Waals surface area contributed by atoms with Crippen molar-refractivity contribution in [1.29, 1.82) is 0 Å². The van der Waals surface area contributed by atoms with Crippen molar-refractivity contribution >= 4 is 50.7 Å². The lowest BCUT2D eigenvalue weighted by molar-refractivity contribution is -0.139. The third kappa shape index (κ3) is 7.77. The molecule has 0 aromatic heterocycles. The van der Waals surface area contributed by atoms with E-state index in [-0.39, 0.29) is 17.3 Å². The number of benzene rings is 3. The molecule has 1 unspecified atom stereocenters. The van der Waals surface area contributed by atoms with Crippen molar-refractivity contribution in [1.82, 2.24) is 10.2 Å². The Kier molecular flexibility index (Phi) is 11.4. The molecule has 0 bridgehead atoms. The van der Waals surface area contributed by atoms with Gasteiger partial charge in [0.1, 0.15) is 12.6 Å². The summed E-state index contributed by atoms with van der Waals surface area (Å²) in [6.45, 7) is 5.52. The molecule has 3 aromatic carbocycles. The zero-order valence-electron chi connectivity index (χ0n) is 22.9. The van der Waals surface area contributed by atoms with Gasteiger partial charge in [-0.1, -0.05) is 85.9 Å². The maximum absolute atomic E-state index is 14.0. The first-order valence-electron chi connectivity index (χ1n) is 13.3. The van der Waals surface area contributed by atoms with Gasteiger partial charge >= 0.3 is 0 Å². The zero-order chi connectivity index (χ0) is 29.3. The summed E-state index contributed by atoms with van der Waals surface area (Å²) >= 11 is 12.5. The second-order valence-electron chi connectivity index (χ2n) is 9.38. The zero-order valence-corrected chi connectivity index (χ0v) is 25.3. The van der Waals surface area contributed by atoms with Gasteiger partial charge < -0.3 is 10.2 Å². The Morgan fingerprint density at radius 2 is 1.60 bits per heavy atom. The first kappa shape index (κ1) is 31.5. The molecule has 1 atom stereocenters. The number of nitrogens with zero attached hydrogens (tertiary/aromatic N) is 2. The Hall–Kier alpha value is -3.07. The molecular formula is C30H35Cl2N3O4S. The van der Waals surface area contributed by atoms with E-state index in [4.69, 9.17) is 23.2 Å². The van der Waals surface area contributed by atoms with Crippen molar-refractivity contribution < 1.29 is 18.0 Å².